The Bertz CT molecular complexity index is 175. The van der Waals surface area contributed by atoms with Crippen molar-refractivity contribution >= 4 is 29.6 Å². The quantitative estimate of drug-likeness (QED) is 0.393. The standard InChI is InChI=1S/C9H12.Na.H2O2/c1-8(2)9-6-4-3-5-7-9;;1-2/h3-8H,1-2H3;;1-2H. The van der Waals surface area contributed by atoms with Crippen LogP contribution < -0.4 is 0 Å². The second kappa shape index (κ2) is 9.23. The summed E-state index contributed by atoms with van der Waals surface area (Å²) in [5, 5.41) is 12.0. The van der Waals surface area contributed by atoms with Crippen LogP contribution in [0.2, 0.25) is 0 Å². The van der Waals surface area contributed by atoms with Gasteiger partial charge >= 0.3 is 0 Å². The van der Waals surface area contributed by atoms with E-state index in [1.54, 1.807) is 0 Å². The maximum atomic E-state index is 6.00. The molecule has 2 nitrogen and oxygen atoms in total. The Labute approximate surface area is 95.5 Å². The van der Waals surface area contributed by atoms with Crippen molar-refractivity contribution in [3.8, 4) is 0 Å². The van der Waals surface area contributed by atoms with E-state index in [2.05, 4.69) is 38.1 Å². The van der Waals surface area contributed by atoms with Crippen LogP contribution in [0, 0.1) is 0 Å². The summed E-state index contributed by atoms with van der Waals surface area (Å²) in [7, 11) is 0. The average molecular weight is 177 g/mol. The molecule has 0 saturated heterocycles. The van der Waals surface area contributed by atoms with Crippen LogP contribution >= 0.6 is 0 Å². The van der Waals surface area contributed by atoms with Crippen molar-refractivity contribution in [2.45, 2.75) is 19.8 Å². The zero-order valence-electron chi connectivity index (χ0n) is 7.86. The number of hydrogen-bond acceptors (Lipinski definition) is 2. The molecule has 1 aromatic carbocycles. The molecule has 0 bridgehead atoms. The summed E-state index contributed by atoms with van der Waals surface area (Å²) in [6.07, 6.45) is 0. The third kappa shape index (κ3) is 5.75. The zero-order chi connectivity index (χ0) is 8.69. The van der Waals surface area contributed by atoms with E-state index in [-0.39, 0.29) is 29.6 Å². The summed E-state index contributed by atoms with van der Waals surface area (Å²) in [6.45, 7) is 4.41. The third-order valence-electron chi connectivity index (χ3n) is 1.47. The summed E-state index contributed by atoms with van der Waals surface area (Å²) < 4.78 is 0. The number of benzene rings is 1. The molecule has 12 heavy (non-hydrogen) atoms. The molecule has 0 atom stereocenters. The van der Waals surface area contributed by atoms with Crippen molar-refractivity contribution < 1.29 is 10.5 Å². The first-order valence-electron chi connectivity index (χ1n) is 3.55. The summed E-state index contributed by atoms with van der Waals surface area (Å²) >= 11 is 0. The molecule has 1 radical (unpaired) electrons. The Hall–Kier alpha value is 0.140. The minimum atomic E-state index is 0. The first-order chi connectivity index (χ1) is 5.30. The van der Waals surface area contributed by atoms with Gasteiger partial charge in [-0.25, -0.2) is 0 Å². The van der Waals surface area contributed by atoms with Crippen molar-refractivity contribution in [2.24, 2.45) is 0 Å². The van der Waals surface area contributed by atoms with Crippen LogP contribution in [0.4, 0.5) is 0 Å². The van der Waals surface area contributed by atoms with Crippen LogP contribution in [0.3, 0.4) is 0 Å². The Kier molecular flexibility index (Phi) is 11.3. The van der Waals surface area contributed by atoms with Gasteiger partial charge < -0.3 is 0 Å². The number of hydrogen-bond donors (Lipinski definition) is 2. The molecule has 0 unspecified atom stereocenters. The monoisotopic (exact) mass is 177 g/mol. The van der Waals surface area contributed by atoms with E-state index in [0.717, 1.165) is 0 Å². The van der Waals surface area contributed by atoms with Gasteiger partial charge in [0.25, 0.3) is 0 Å². The van der Waals surface area contributed by atoms with Crippen LogP contribution in [0.15, 0.2) is 30.3 Å². The molecule has 0 aliphatic heterocycles. The minimum Gasteiger partial charge on any atom is -0.255 e. The van der Waals surface area contributed by atoms with E-state index in [4.69, 9.17) is 10.5 Å². The second-order valence-corrected chi connectivity index (χ2v) is 2.57. The van der Waals surface area contributed by atoms with E-state index >= 15 is 0 Å². The van der Waals surface area contributed by atoms with Crippen molar-refractivity contribution in [3.05, 3.63) is 35.9 Å². The first-order valence-corrected chi connectivity index (χ1v) is 3.55. The molecule has 0 amide bonds. The van der Waals surface area contributed by atoms with Crippen LogP contribution in [0.1, 0.15) is 25.3 Å². The first kappa shape index (κ1) is 14.7. The van der Waals surface area contributed by atoms with Crippen LogP contribution in [-0.4, -0.2) is 40.1 Å². The van der Waals surface area contributed by atoms with Crippen molar-refractivity contribution in [3.63, 3.8) is 0 Å². The fourth-order valence-electron chi connectivity index (χ4n) is 0.838. The van der Waals surface area contributed by atoms with E-state index in [0.29, 0.717) is 5.92 Å². The van der Waals surface area contributed by atoms with Gasteiger partial charge in [-0.1, -0.05) is 44.2 Å². The molecule has 1 aromatic rings. The molecule has 3 heteroatoms. The van der Waals surface area contributed by atoms with Gasteiger partial charge in [0.15, 0.2) is 0 Å². The van der Waals surface area contributed by atoms with E-state index < -0.39 is 0 Å². The SMILES string of the molecule is CC(C)c1ccccc1.OO.[Na]. The molecule has 0 spiro atoms. The summed E-state index contributed by atoms with van der Waals surface area (Å²) in [6, 6.07) is 10.5. The summed E-state index contributed by atoms with van der Waals surface area (Å²) in [4.78, 5) is 0. The Morgan fingerprint density at radius 1 is 1.00 bits per heavy atom. The summed E-state index contributed by atoms with van der Waals surface area (Å²) in [5.41, 5.74) is 1.41. The van der Waals surface area contributed by atoms with Gasteiger partial charge in [-0.2, -0.15) is 0 Å². The molecule has 0 heterocycles. The van der Waals surface area contributed by atoms with Gasteiger partial charge in [-0.05, 0) is 11.5 Å². The van der Waals surface area contributed by atoms with E-state index in [9.17, 15) is 0 Å². The molecular formula is C9H14NaO2. The van der Waals surface area contributed by atoms with Gasteiger partial charge in [0.1, 0.15) is 0 Å². The van der Waals surface area contributed by atoms with Crippen LogP contribution in [0.25, 0.3) is 0 Å². The van der Waals surface area contributed by atoms with Gasteiger partial charge in [0.05, 0.1) is 0 Å². The minimum absolute atomic E-state index is 0. The van der Waals surface area contributed by atoms with Gasteiger partial charge in [0.2, 0.25) is 0 Å². The van der Waals surface area contributed by atoms with Gasteiger partial charge in [0, 0.05) is 29.6 Å². The molecule has 1 rings (SSSR count). The van der Waals surface area contributed by atoms with Crippen molar-refractivity contribution in [1.29, 1.82) is 0 Å². The van der Waals surface area contributed by atoms with Crippen LogP contribution in [-0.2, 0) is 0 Å². The Morgan fingerprint density at radius 3 is 1.67 bits per heavy atom. The molecular weight excluding hydrogens is 163 g/mol. The molecule has 0 fully saturated rings. The molecule has 2 N–H and O–H groups in total. The maximum absolute atomic E-state index is 6.00. The van der Waals surface area contributed by atoms with Crippen LogP contribution in [0.5, 0.6) is 0 Å². The normalized spacial score (nSPS) is 8.08. The van der Waals surface area contributed by atoms with Gasteiger partial charge in [-0.15, -0.1) is 0 Å². The molecule has 0 aliphatic rings. The van der Waals surface area contributed by atoms with Crippen molar-refractivity contribution in [2.75, 3.05) is 0 Å². The molecule has 0 saturated carbocycles. The number of rotatable bonds is 1. The van der Waals surface area contributed by atoms with E-state index in [1.807, 2.05) is 6.07 Å². The molecule has 0 aromatic heterocycles. The average Bonchev–Trinajstić information content (AvgIpc) is 2.10. The topological polar surface area (TPSA) is 40.5 Å². The third-order valence-corrected chi connectivity index (χ3v) is 1.47. The summed E-state index contributed by atoms with van der Waals surface area (Å²) in [5.74, 6) is 0.659. The molecule has 0 aliphatic carbocycles. The van der Waals surface area contributed by atoms with E-state index in [1.165, 1.54) is 5.56 Å². The predicted octanol–water partition coefficient (Wildman–Crippen LogP) is 2.45. The van der Waals surface area contributed by atoms with Gasteiger partial charge in [-0.3, -0.25) is 10.5 Å². The van der Waals surface area contributed by atoms with Crippen molar-refractivity contribution in [1.82, 2.24) is 0 Å². The largest absolute Gasteiger partial charge is 0.255 e. The maximum Gasteiger partial charge on any atom is 0 e. The Balaban J connectivity index is 0. The smallest absolute Gasteiger partial charge is 0 e. The zero-order valence-corrected chi connectivity index (χ0v) is 9.86. The fourth-order valence-corrected chi connectivity index (χ4v) is 0.838. The fraction of sp³-hybridized carbons (Fsp3) is 0.333. The Morgan fingerprint density at radius 2 is 1.42 bits per heavy atom. The second-order valence-electron chi connectivity index (χ2n) is 2.57. The molecule has 63 valence electrons. The predicted molar refractivity (Wildman–Crippen MR) is 51.5 cm³/mol.